The van der Waals surface area contributed by atoms with Gasteiger partial charge in [-0.2, -0.15) is 0 Å². The van der Waals surface area contributed by atoms with Crippen molar-refractivity contribution in [1.29, 1.82) is 0 Å². The van der Waals surface area contributed by atoms with Crippen molar-refractivity contribution in [3.63, 3.8) is 0 Å². The van der Waals surface area contributed by atoms with E-state index in [0.29, 0.717) is 0 Å². The molecule has 0 N–H and O–H groups in total. The first kappa shape index (κ1) is 13.3. The van der Waals surface area contributed by atoms with Crippen LogP contribution in [-0.2, 0) is 14.2 Å². The van der Waals surface area contributed by atoms with Crippen molar-refractivity contribution < 1.29 is 19.0 Å². The van der Waals surface area contributed by atoms with Crippen LogP contribution in [0.4, 0.5) is 4.79 Å². The second-order valence-corrected chi connectivity index (χ2v) is 3.30. The van der Waals surface area contributed by atoms with Gasteiger partial charge >= 0.3 is 6.16 Å². The summed E-state index contributed by atoms with van der Waals surface area (Å²) in [6, 6.07) is 9.53. The van der Waals surface area contributed by atoms with Crippen molar-refractivity contribution in [3.8, 4) is 0 Å². The van der Waals surface area contributed by atoms with Crippen LogP contribution in [0.5, 0.6) is 0 Å². The van der Waals surface area contributed by atoms with Gasteiger partial charge in [0, 0.05) is 7.11 Å². The second kappa shape index (κ2) is 7.46. The number of methoxy groups -OCH3 is 1. The smallest absolute Gasteiger partial charge is 0.431 e. The minimum absolute atomic E-state index is 0.122. The lowest BCUT2D eigenvalue weighted by molar-refractivity contribution is 0.00475. The standard InChI is InChI=1S/C13H16O4/c1-3-9-16-13(14)17-10-12(15-2)11-7-5-4-6-8-11/h3-8,12H,1,9-10H2,2H3/t12-/m1/s1. The van der Waals surface area contributed by atoms with Gasteiger partial charge in [-0.05, 0) is 5.56 Å². The maximum Gasteiger partial charge on any atom is 0.508 e. The topological polar surface area (TPSA) is 44.8 Å². The summed E-state index contributed by atoms with van der Waals surface area (Å²) in [5.74, 6) is 0. The number of rotatable bonds is 6. The summed E-state index contributed by atoms with van der Waals surface area (Å²) in [6.45, 7) is 3.70. The molecule has 1 aromatic carbocycles. The third kappa shape index (κ3) is 4.70. The Kier molecular flexibility index (Phi) is 5.82. The van der Waals surface area contributed by atoms with Gasteiger partial charge in [-0.3, -0.25) is 0 Å². The summed E-state index contributed by atoms with van der Waals surface area (Å²) in [6.07, 6.45) is 0.474. The molecule has 92 valence electrons. The molecule has 0 aliphatic carbocycles. The Morgan fingerprint density at radius 2 is 2.06 bits per heavy atom. The number of carbonyl (C=O) groups excluding carboxylic acids is 1. The average molecular weight is 236 g/mol. The molecule has 0 fully saturated rings. The summed E-state index contributed by atoms with van der Waals surface area (Å²) in [4.78, 5) is 11.1. The molecule has 1 aromatic rings. The number of hydrogen-bond donors (Lipinski definition) is 0. The Morgan fingerprint density at radius 3 is 2.65 bits per heavy atom. The first-order chi connectivity index (χ1) is 8.27. The van der Waals surface area contributed by atoms with Crippen LogP contribution in [-0.4, -0.2) is 26.5 Å². The minimum atomic E-state index is -0.720. The summed E-state index contributed by atoms with van der Waals surface area (Å²) in [5.41, 5.74) is 0.950. The monoisotopic (exact) mass is 236 g/mol. The highest BCUT2D eigenvalue weighted by molar-refractivity contribution is 5.60. The fraction of sp³-hybridized carbons (Fsp3) is 0.308. The van der Waals surface area contributed by atoms with Crippen LogP contribution < -0.4 is 0 Å². The average Bonchev–Trinajstić information content (AvgIpc) is 2.38. The summed E-state index contributed by atoms with van der Waals surface area (Å²) in [7, 11) is 1.57. The second-order valence-electron chi connectivity index (χ2n) is 3.30. The molecule has 0 radical (unpaired) electrons. The van der Waals surface area contributed by atoms with E-state index in [2.05, 4.69) is 11.3 Å². The zero-order valence-corrected chi connectivity index (χ0v) is 9.80. The van der Waals surface area contributed by atoms with Crippen molar-refractivity contribution >= 4 is 6.16 Å². The molecule has 4 heteroatoms. The normalized spacial score (nSPS) is 11.6. The molecule has 0 unspecified atom stereocenters. The van der Waals surface area contributed by atoms with Crippen LogP contribution in [0.3, 0.4) is 0 Å². The number of carbonyl (C=O) groups is 1. The first-order valence-corrected chi connectivity index (χ1v) is 5.26. The third-order valence-corrected chi connectivity index (χ3v) is 2.13. The summed E-state index contributed by atoms with van der Waals surface area (Å²) < 4.78 is 14.8. The Balaban J connectivity index is 2.43. The van der Waals surface area contributed by atoms with E-state index in [9.17, 15) is 4.79 Å². The lowest BCUT2D eigenvalue weighted by Crippen LogP contribution is -2.15. The van der Waals surface area contributed by atoms with Crippen molar-refractivity contribution in [3.05, 3.63) is 48.6 Å². The molecular formula is C13H16O4. The van der Waals surface area contributed by atoms with E-state index in [1.165, 1.54) is 6.08 Å². The highest BCUT2D eigenvalue weighted by atomic mass is 16.7. The molecule has 17 heavy (non-hydrogen) atoms. The van der Waals surface area contributed by atoms with Crippen LogP contribution in [0.1, 0.15) is 11.7 Å². The van der Waals surface area contributed by atoms with Crippen molar-refractivity contribution in [2.24, 2.45) is 0 Å². The summed E-state index contributed by atoms with van der Waals surface area (Å²) in [5, 5.41) is 0. The molecular weight excluding hydrogens is 220 g/mol. The van der Waals surface area contributed by atoms with Gasteiger partial charge in [0.15, 0.2) is 0 Å². The van der Waals surface area contributed by atoms with E-state index in [1.54, 1.807) is 7.11 Å². The molecule has 0 aromatic heterocycles. The van der Waals surface area contributed by atoms with Gasteiger partial charge in [0.1, 0.15) is 19.3 Å². The zero-order valence-electron chi connectivity index (χ0n) is 9.80. The van der Waals surface area contributed by atoms with Crippen LogP contribution in [0, 0.1) is 0 Å². The largest absolute Gasteiger partial charge is 0.508 e. The quantitative estimate of drug-likeness (QED) is 0.562. The van der Waals surface area contributed by atoms with Crippen molar-refractivity contribution in [1.82, 2.24) is 0 Å². The summed E-state index contributed by atoms with van der Waals surface area (Å²) >= 11 is 0. The molecule has 0 saturated carbocycles. The third-order valence-electron chi connectivity index (χ3n) is 2.13. The highest BCUT2D eigenvalue weighted by Gasteiger charge is 2.13. The Labute approximate surface area is 101 Å². The van der Waals surface area contributed by atoms with Gasteiger partial charge in [0.05, 0.1) is 0 Å². The number of ether oxygens (including phenoxy) is 3. The van der Waals surface area contributed by atoms with Gasteiger partial charge in [0.25, 0.3) is 0 Å². The lowest BCUT2D eigenvalue weighted by atomic mass is 10.1. The predicted octanol–water partition coefficient (Wildman–Crippen LogP) is 2.71. The molecule has 0 bridgehead atoms. The SMILES string of the molecule is C=CCOC(=O)OC[C@@H](OC)c1ccccc1. The minimum Gasteiger partial charge on any atom is -0.431 e. The van der Waals surface area contributed by atoms with E-state index < -0.39 is 6.16 Å². The molecule has 0 aliphatic heterocycles. The maximum absolute atomic E-state index is 11.1. The molecule has 0 heterocycles. The number of benzene rings is 1. The molecule has 0 saturated heterocycles. The molecule has 1 atom stereocenters. The van der Waals surface area contributed by atoms with Gasteiger partial charge in [-0.25, -0.2) is 4.79 Å². The van der Waals surface area contributed by atoms with Gasteiger partial charge in [-0.1, -0.05) is 43.0 Å². The lowest BCUT2D eigenvalue weighted by Gasteiger charge is -2.15. The molecule has 0 spiro atoms. The molecule has 0 amide bonds. The van der Waals surface area contributed by atoms with Crippen molar-refractivity contribution in [2.75, 3.05) is 20.3 Å². The maximum atomic E-state index is 11.1. The number of hydrogen-bond acceptors (Lipinski definition) is 4. The van der Waals surface area contributed by atoms with Crippen LogP contribution in [0.15, 0.2) is 43.0 Å². The fourth-order valence-corrected chi connectivity index (χ4v) is 1.28. The molecule has 1 rings (SSSR count). The zero-order chi connectivity index (χ0) is 12.5. The van der Waals surface area contributed by atoms with Gasteiger partial charge < -0.3 is 14.2 Å². The molecule has 4 nitrogen and oxygen atoms in total. The predicted molar refractivity (Wildman–Crippen MR) is 63.7 cm³/mol. The van der Waals surface area contributed by atoms with E-state index in [0.717, 1.165) is 5.56 Å². The van der Waals surface area contributed by atoms with E-state index >= 15 is 0 Å². The fourth-order valence-electron chi connectivity index (χ4n) is 1.28. The van der Waals surface area contributed by atoms with Crippen molar-refractivity contribution in [2.45, 2.75) is 6.10 Å². The van der Waals surface area contributed by atoms with E-state index in [1.807, 2.05) is 30.3 Å². The van der Waals surface area contributed by atoms with Crippen LogP contribution >= 0.6 is 0 Å². The highest BCUT2D eigenvalue weighted by Crippen LogP contribution is 2.16. The Morgan fingerprint density at radius 1 is 1.35 bits per heavy atom. The van der Waals surface area contributed by atoms with Crippen LogP contribution in [0.25, 0.3) is 0 Å². The Hall–Kier alpha value is -1.81. The van der Waals surface area contributed by atoms with E-state index in [4.69, 9.17) is 9.47 Å². The first-order valence-electron chi connectivity index (χ1n) is 5.26. The van der Waals surface area contributed by atoms with Gasteiger partial charge in [-0.15, -0.1) is 0 Å². The van der Waals surface area contributed by atoms with E-state index in [-0.39, 0.29) is 19.3 Å². The van der Waals surface area contributed by atoms with Crippen LogP contribution in [0.2, 0.25) is 0 Å². The van der Waals surface area contributed by atoms with Gasteiger partial charge in [0.2, 0.25) is 0 Å². The molecule has 0 aliphatic rings. The Bertz CT molecular complexity index is 348.